The zero-order chi connectivity index (χ0) is 22.1. The maximum Gasteiger partial charge on any atom is 0.331 e. The minimum atomic E-state index is -0.694. The van der Waals surface area contributed by atoms with Crippen LogP contribution in [0.2, 0.25) is 0 Å². The molecular formula is C25H22FNO4. The Bertz CT molecular complexity index is 1050. The van der Waals surface area contributed by atoms with Gasteiger partial charge in [0.05, 0.1) is 13.2 Å². The summed E-state index contributed by atoms with van der Waals surface area (Å²) in [6.45, 7) is -0.439. The van der Waals surface area contributed by atoms with E-state index in [1.807, 2.05) is 54.6 Å². The summed E-state index contributed by atoms with van der Waals surface area (Å²) in [7, 11) is 1.59. The van der Waals surface area contributed by atoms with Gasteiger partial charge in [0.1, 0.15) is 11.6 Å². The molecule has 3 rings (SSSR count). The van der Waals surface area contributed by atoms with Crippen LogP contribution in [-0.4, -0.2) is 25.6 Å². The molecule has 158 valence electrons. The maximum absolute atomic E-state index is 13.2. The van der Waals surface area contributed by atoms with Crippen LogP contribution >= 0.6 is 0 Å². The van der Waals surface area contributed by atoms with Gasteiger partial charge < -0.3 is 14.8 Å². The number of hydrogen-bond acceptors (Lipinski definition) is 4. The normalized spacial score (nSPS) is 11.7. The third-order valence-electron chi connectivity index (χ3n) is 4.49. The fourth-order valence-electron chi connectivity index (χ4n) is 2.96. The van der Waals surface area contributed by atoms with Crippen molar-refractivity contribution >= 4 is 18.0 Å². The van der Waals surface area contributed by atoms with Crippen molar-refractivity contribution in [2.75, 3.05) is 13.7 Å². The molecule has 0 fully saturated rings. The highest BCUT2D eigenvalue weighted by Crippen LogP contribution is 2.24. The molecule has 0 unspecified atom stereocenters. The molecule has 0 aromatic heterocycles. The monoisotopic (exact) mass is 419 g/mol. The molecule has 0 saturated heterocycles. The number of ether oxygens (including phenoxy) is 2. The van der Waals surface area contributed by atoms with Gasteiger partial charge in [0.2, 0.25) is 0 Å². The number of rotatable bonds is 8. The smallest absolute Gasteiger partial charge is 0.331 e. The van der Waals surface area contributed by atoms with E-state index in [-0.39, 0.29) is 0 Å². The van der Waals surface area contributed by atoms with Crippen LogP contribution in [0.3, 0.4) is 0 Å². The van der Waals surface area contributed by atoms with E-state index < -0.39 is 30.3 Å². The molecule has 3 aromatic carbocycles. The molecule has 1 N–H and O–H groups in total. The summed E-state index contributed by atoms with van der Waals surface area (Å²) in [4.78, 5) is 24.4. The Hall–Kier alpha value is -3.93. The number of benzene rings is 3. The van der Waals surface area contributed by atoms with E-state index in [0.29, 0.717) is 11.3 Å². The van der Waals surface area contributed by atoms with E-state index in [9.17, 15) is 14.0 Å². The molecular weight excluding hydrogens is 397 g/mol. The molecule has 0 aliphatic heterocycles. The van der Waals surface area contributed by atoms with Gasteiger partial charge in [0.15, 0.2) is 6.61 Å². The van der Waals surface area contributed by atoms with Gasteiger partial charge in [-0.2, -0.15) is 0 Å². The Morgan fingerprint density at radius 2 is 1.68 bits per heavy atom. The van der Waals surface area contributed by atoms with Gasteiger partial charge in [-0.05, 0) is 47.0 Å². The van der Waals surface area contributed by atoms with Crippen LogP contribution < -0.4 is 10.1 Å². The molecule has 0 aliphatic carbocycles. The molecule has 0 heterocycles. The Balaban J connectivity index is 1.63. The lowest BCUT2D eigenvalue weighted by molar-refractivity contribution is -0.143. The van der Waals surface area contributed by atoms with E-state index in [2.05, 4.69) is 5.32 Å². The zero-order valence-corrected chi connectivity index (χ0v) is 17.0. The van der Waals surface area contributed by atoms with Crippen molar-refractivity contribution in [1.29, 1.82) is 0 Å². The van der Waals surface area contributed by atoms with Crippen LogP contribution in [-0.2, 0) is 14.3 Å². The predicted molar refractivity (Wildman–Crippen MR) is 116 cm³/mol. The van der Waals surface area contributed by atoms with E-state index in [0.717, 1.165) is 17.2 Å². The van der Waals surface area contributed by atoms with Crippen LogP contribution in [0, 0.1) is 5.82 Å². The van der Waals surface area contributed by atoms with Crippen molar-refractivity contribution in [3.63, 3.8) is 0 Å². The largest absolute Gasteiger partial charge is 0.497 e. The summed E-state index contributed by atoms with van der Waals surface area (Å²) in [5.41, 5.74) is 2.26. The number of hydrogen-bond donors (Lipinski definition) is 1. The lowest BCUT2D eigenvalue weighted by Gasteiger charge is -2.20. The molecule has 0 aliphatic rings. The minimum absolute atomic E-state index is 0.402. The second-order valence-corrected chi connectivity index (χ2v) is 6.68. The first-order valence-corrected chi connectivity index (χ1v) is 9.64. The molecule has 1 amide bonds. The molecule has 6 heteroatoms. The number of esters is 1. The summed E-state index contributed by atoms with van der Waals surface area (Å²) in [5, 5.41) is 2.89. The Kier molecular flexibility index (Phi) is 7.54. The summed E-state index contributed by atoms with van der Waals surface area (Å²) < 4.78 is 23.4. The quantitative estimate of drug-likeness (QED) is 0.437. The zero-order valence-electron chi connectivity index (χ0n) is 17.0. The highest BCUT2D eigenvalue weighted by Gasteiger charge is 2.17. The van der Waals surface area contributed by atoms with Crippen LogP contribution in [0.25, 0.3) is 6.08 Å². The fraction of sp³-hybridized carbons (Fsp3) is 0.120. The second kappa shape index (κ2) is 10.7. The Morgan fingerprint density at radius 3 is 2.35 bits per heavy atom. The van der Waals surface area contributed by atoms with Gasteiger partial charge in [-0.1, -0.05) is 54.6 Å². The first kappa shape index (κ1) is 21.8. The van der Waals surface area contributed by atoms with Gasteiger partial charge >= 0.3 is 5.97 Å². The highest BCUT2D eigenvalue weighted by molar-refractivity contribution is 5.89. The Morgan fingerprint density at radius 1 is 0.968 bits per heavy atom. The van der Waals surface area contributed by atoms with Crippen molar-refractivity contribution in [1.82, 2.24) is 5.32 Å². The van der Waals surface area contributed by atoms with Crippen molar-refractivity contribution in [3.8, 4) is 5.75 Å². The van der Waals surface area contributed by atoms with Crippen molar-refractivity contribution < 1.29 is 23.5 Å². The number of nitrogens with one attached hydrogen (secondary N) is 1. The van der Waals surface area contributed by atoms with Crippen molar-refractivity contribution in [2.24, 2.45) is 0 Å². The fourth-order valence-corrected chi connectivity index (χ4v) is 2.96. The first-order valence-electron chi connectivity index (χ1n) is 9.64. The molecule has 1 atom stereocenters. The predicted octanol–water partition coefficient (Wildman–Crippen LogP) is 4.30. The molecule has 31 heavy (non-hydrogen) atoms. The number of amides is 1. The molecule has 0 radical (unpaired) electrons. The molecule has 5 nitrogen and oxygen atoms in total. The van der Waals surface area contributed by atoms with E-state index in [1.54, 1.807) is 13.2 Å². The van der Waals surface area contributed by atoms with Crippen molar-refractivity contribution in [3.05, 3.63) is 107 Å². The van der Waals surface area contributed by atoms with Crippen LogP contribution in [0.4, 0.5) is 4.39 Å². The van der Waals surface area contributed by atoms with Gasteiger partial charge in [-0.15, -0.1) is 0 Å². The molecule has 0 bridgehead atoms. The average molecular weight is 419 g/mol. The summed E-state index contributed by atoms with van der Waals surface area (Å²) in [6, 6.07) is 22.2. The van der Waals surface area contributed by atoms with E-state index in [1.165, 1.54) is 24.3 Å². The summed E-state index contributed by atoms with van der Waals surface area (Å²) in [6.07, 6.45) is 2.58. The van der Waals surface area contributed by atoms with E-state index in [4.69, 9.17) is 9.47 Å². The van der Waals surface area contributed by atoms with Gasteiger partial charge in [0, 0.05) is 6.08 Å². The SMILES string of the molecule is COc1ccc([C@@H](NC(=O)COC(=O)/C=C/c2cccc(F)c2)c2ccccc2)cc1. The van der Waals surface area contributed by atoms with Gasteiger partial charge in [-0.3, -0.25) is 4.79 Å². The molecule has 3 aromatic rings. The minimum Gasteiger partial charge on any atom is -0.497 e. The van der Waals surface area contributed by atoms with Gasteiger partial charge in [0.25, 0.3) is 5.91 Å². The van der Waals surface area contributed by atoms with Crippen LogP contribution in [0.1, 0.15) is 22.7 Å². The first-order chi connectivity index (χ1) is 15.0. The third kappa shape index (κ3) is 6.54. The standard InChI is InChI=1S/C25H22FNO4/c1-30-22-13-11-20(12-14-22)25(19-7-3-2-4-8-19)27-23(28)17-31-24(29)15-10-18-6-5-9-21(26)16-18/h2-16,25H,17H2,1H3,(H,27,28)/b15-10+/t25-/m0/s1. The molecule has 0 saturated carbocycles. The second-order valence-electron chi connectivity index (χ2n) is 6.68. The summed E-state index contributed by atoms with van der Waals surface area (Å²) in [5.74, 6) is -0.835. The van der Waals surface area contributed by atoms with Crippen LogP contribution in [0.5, 0.6) is 5.75 Å². The average Bonchev–Trinajstić information content (AvgIpc) is 2.80. The van der Waals surface area contributed by atoms with Crippen molar-refractivity contribution in [2.45, 2.75) is 6.04 Å². The topological polar surface area (TPSA) is 64.6 Å². The third-order valence-corrected chi connectivity index (χ3v) is 4.49. The number of methoxy groups -OCH3 is 1. The highest BCUT2D eigenvalue weighted by atomic mass is 19.1. The lowest BCUT2D eigenvalue weighted by Crippen LogP contribution is -2.32. The van der Waals surface area contributed by atoms with E-state index >= 15 is 0 Å². The number of halogens is 1. The Labute approximate surface area is 180 Å². The number of carbonyl (C=O) groups excluding carboxylic acids is 2. The maximum atomic E-state index is 13.2. The number of carbonyl (C=O) groups is 2. The molecule has 0 spiro atoms. The van der Waals surface area contributed by atoms with Gasteiger partial charge in [-0.25, -0.2) is 9.18 Å². The summed E-state index contributed by atoms with van der Waals surface area (Å²) >= 11 is 0. The lowest BCUT2D eigenvalue weighted by atomic mass is 9.98. The van der Waals surface area contributed by atoms with Crippen LogP contribution in [0.15, 0.2) is 84.9 Å².